The lowest BCUT2D eigenvalue weighted by molar-refractivity contribution is -0.655. The molecule has 0 heterocycles. The third-order valence-corrected chi connectivity index (χ3v) is 1.23. The first-order chi connectivity index (χ1) is 5.31. The first-order valence-corrected chi connectivity index (χ1v) is 3.92. The molecule has 0 saturated carbocycles. The summed E-state index contributed by atoms with van der Waals surface area (Å²) in [6, 6.07) is 0. The monoisotopic (exact) mass is 158 g/mol. The SMILES string of the molecule is C=CC(=O)OCC[NH2+]CCC. The molecule has 0 aliphatic heterocycles. The smallest absolute Gasteiger partial charge is 0.330 e. The van der Waals surface area contributed by atoms with Gasteiger partial charge < -0.3 is 10.1 Å². The quantitative estimate of drug-likeness (QED) is 0.327. The minimum Gasteiger partial charge on any atom is -0.457 e. The van der Waals surface area contributed by atoms with E-state index in [4.69, 9.17) is 4.74 Å². The first-order valence-electron chi connectivity index (χ1n) is 3.92. The van der Waals surface area contributed by atoms with Crippen molar-refractivity contribution in [1.82, 2.24) is 0 Å². The number of quaternary nitrogens is 1. The van der Waals surface area contributed by atoms with Crippen molar-refractivity contribution in [2.75, 3.05) is 19.7 Å². The summed E-state index contributed by atoms with van der Waals surface area (Å²) < 4.78 is 4.75. The topological polar surface area (TPSA) is 42.9 Å². The number of nitrogens with two attached hydrogens (primary N) is 1. The van der Waals surface area contributed by atoms with Gasteiger partial charge in [-0.3, -0.25) is 0 Å². The largest absolute Gasteiger partial charge is 0.457 e. The molecule has 0 aromatic carbocycles. The number of esters is 1. The molecule has 0 atom stereocenters. The van der Waals surface area contributed by atoms with Crippen molar-refractivity contribution in [2.24, 2.45) is 0 Å². The third-order valence-electron chi connectivity index (χ3n) is 1.23. The van der Waals surface area contributed by atoms with E-state index in [1.54, 1.807) is 0 Å². The van der Waals surface area contributed by atoms with Gasteiger partial charge in [0.2, 0.25) is 0 Å². The van der Waals surface area contributed by atoms with E-state index < -0.39 is 0 Å². The van der Waals surface area contributed by atoms with E-state index in [-0.39, 0.29) is 5.97 Å². The summed E-state index contributed by atoms with van der Waals surface area (Å²) in [6.45, 7) is 7.81. The van der Waals surface area contributed by atoms with Crippen molar-refractivity contribution in [2.45, 2.75) is 13.3 Å². The van der Waals surface area contributed by atoms with Crippen LogP contribution in [0.1, 0.15) is 13.3 Å². The molecule has 0 rings (SSSR count). The molecule has 0 aliphatic carbocycles. The van der Waals surface area contributed by atoms with Crippen molar-refractivity contribution in [1.29, 1.82) is 0 Å². The second kappa shape index (κ2) is 7.28. The Bertz CT molecular complexity index is 123. The summed E-state index contributed by atoms with van der Waals surface area (Å²) in [6.07, 6.45) is 2.33. The zero-order valence-corrected chi connectivity index (χ0v) is 7.01. The van der Waals surface area contributed by atoms with Gasteiger partial charge >= 0.3 is 5.97 Å². The number of rotatable bonds is 6. The molecule has 0 saturated heterocycles. The van der Waals surface area contributed by atoms with E-state index in [2.05, 4.69) is 18.8 Å². The van der Waals surface area contributed by atoms with Crippen LogP contribution in [0.5, 0.6) is 0 Å². The number of carbonyl (C=O) groups is 1. The predicted octanol–water partition coefficient (Wildman–Crippen LogP) is -0.311. The summed E-state index contributed by atoms with van der Waals surface area (Å²) >= 11 is 0. The van der Waals surface area contributed by atoms with Crippen molar-refractivity contribution < 1.29 is 14.8 Å². The van der Waals surface area contributed by atoms with Gasteiger partial charge in [0.05, 0.1) is 6.54 Å². The lowest BCUT2D eigenvalue weighted by atomic mass is 10.5. The van der Waals surface area contributed by atoms with Crippen LogP contribution in [0, 0.1) is 0 Å². The normalized spacial score (nSPS) is 9.18. The highest BCUT2D eigenvalue weighted by Crippen LogP contribution is 1.74. The molecule has 0 amide bonds. The van der Waals surface area contributed by atoms with Gasteiger partial charge in [-0.1, -0.05) is 13.5 Å². The molecule has 0 fully saturated rings. The van der Waals surface area contributed by atoms with Crippen molar-refractivity contribution in [3.63, 3.8) is 0 Å². The van der Waals surface area contributed by atoms with Crippen LogP contribution in [0.15, 0.2) is 12.7 Å². The Hall–Kier alpha value is -0.830. The maximum Gasteiger partial charge on any atom is 0.330 e. The highest BCUT2D eigenvalue weighted by atomic mass is 16.5. The van der Waals surface area contributed by atoms with E-state index in [9.17, 15) is 4.79 Å². The van der Waals surface area contributed by atoms with Crippen LogP contribution in [-0.2, 0) is 9.53 Å². The molecule has 3 nitrogen and oxygen atoms in total. The Morgan fingerprint density at radius 3 is 2.91 bits per heavy atom. The van der Waals surface area contributed by atoms with Gasteiger partial charge in [-0.05, 0) is 6.42 Å². The first kappa shape index (κ1) is 10.2. The van der Waals surface area contributed by atoms with Crippen LogP contribution in [0.4, 0.5) is 0 Å². The number of hydrogen-bond donors (Lipinski definition) is 1. The van der Waals surface area contributed by atoms with Crippen molar-refractivity contribution >= 4 is 5.97 Å². The average molecular weight is 158 g/mol. The molecule has 0 unspecified atom stereocenters. The maximum atomic E-state index is 10.5. The maximum absolute atomic E-state index is 10.5. The lowest BCUT2D eigenvalue weighted by Crippen LogP contribution is -2.85. The summed E-state index contributed by atoms with van der Waals surface area (Å²) in [7, 11) is 0. The van der Waals surface area contributed by atoms with Gasteiger partial charge in [-0.15, -0.1) is 0 Å². The fraction of sp³-hybridized carbons (Fsp3) is 0.625. The molecule has 3 heteroatoms. The summed E-state index contributed by atoms with van der Waals surface area (Å²) in [5.41, 5.74) is 0. The molecule has 0 aliphatic rings. The van der Waals surface area contributed by atoms with Crippen molar-refractivity contribution in [3.05, 3.63) is 12.7 Å². The van der Waals surface area contributed by atoms with Crippen LogP contribution in [0.3, 0.4) is 0 Å². The van der Waals surface area contributed by atoms with Crippen LogP contribution < -0.4 is 5.32 Å². The van der Waals surface area contributed by atoms with E-state index >= 15 is 0 Å². The van der Waals surface area contributed by atoms with Gasteiger partial charge in [0.1, 0.15) is 13.2 Å². The van der Waals surface area contributed by atoms with E-state index in [0.717, 1.165) is 19.5 Å². The highest BCUT2D eigenvalue weighted by molar-refractivity contribution is 5.81. The minimum absolute atomic E-state index is 0.338. The molecule has 64 valence electrons. The summed E-state index contributed by atoms with van der Waals surface area (Å²) in [5, 5.41) is 2.12. The Morgan fingerprint density at radius 2 is 2.36 bits per heavy atom. The fourth-order valence-electron chi connectivity index (χ4n) is 0.650. The van der Waals surface area contributed by atoms with Gasteiger partial charge in [-0.2, -0.15) is 0 Å². The van der Waals surface area contributed by atoms with Gasteiger partial charge in [0, 0.05) is 6.08 Å². The standard InChI is InChI=1S/C8H15NO2/c1-3-5-9-6-7-11-8(10)4-2/h4,9H,2-3,5-7H2,1H3/p+1. The Labute approximate surface area is 67.4 Å². The Morgan fingerprint density at radius 1 is 1.64 bits per heavy atom. The predicted molar refractivity (Wildman–Crippen MR) is 43.1 cm³/mol. The molecule has 0 aromatic heterocycles. The van der Waals surface area contributed by atoms with E-state index in [1.165, 1.54) is 6.08 Å². The minimum atomic E-state index is -0.338. The van der Waals surface area contributed by atoms with Crippen LogP contribution in [-0.4, -0.2) is 25.7 Å². The molecule has 0 spiro atoms. The molecule has 11 heavy (non-hydrogen) atoms. The second-order valence-corrected chi connectivity index (χ2v) is 2.24. The number of hydrogen-bond acceptors (Lipinski definition) is 2. The van der Waals surface area contributed by atoms with Gasteiger partial charge in [-0.25, -0.2) is 4.79 Å². The number of carbonyl (C=O) groups excluding carboxylic acids is 1. The second-order valence-electron chi connectivity index (χ2n) is 2.24. The molecule has 0 aromatic rings. The fourth-order valence-corrected chi connectivity index (χ4v) is 0.650. The Balaban J connectivity index is 3.01. The lowest BCUT2D eigenvalue weighted by Gasteiger charge is -1.99. The van der Waals surface area contributed by atoms with Crippen LogP contribution in [0.25, 0.3) is 0 Å². The molecule has 2 N–H and O–H groups in total. The summed E-state index contributed by atoms with van der Waals surface area (Å²) in [4.78, 5) is 10.5. The zero-order valence-electron chi connectivity index (χ0n) is 7.01. The van der Waals surface area contributed by atoms with E-state index in [0.29, 0.717) is 6.61 Å². The van der Waals surface area contributed by atoms with Crippen LogP contribution in [0.2, 0.25) is 0 Å². The molecular formula is C8H16NO2+. The number of ether oxygens (including phenoxy) is 1. The van der Waals surface area contributed by atoms with E-state index in [1.807, 2.05) is 0 Å². The summed E-state index contributed by atoms with van der Waals surface area (Å²) in [5.74, 6) is -0.338. The van der Waals surface area contributed by atoms with Crippen LogP contribution >= 0.6 is 0 Å². The Kier molecular flexibility index (Phi) is 6.73. The third kappa shape index (κ3) is 7.06. The van der Waals surface area contributed by atoms with Gasteiger partial charge in [0.15, 0.2) is 0 Å². The molecule has 0 radical (unpaired) electrons. The zero-order chi connectivity index (χ0) is 8.53. The van der Waals surface area contributed by atoms with Gasteiger partial charge in [0.25, 0.3) is 0 Å². The molecular weight excluding hydrogens is 142 g/mol. The van der Waals surface area contributed by atoms with Crippen molar-refractivity contribution in [3.8, 4) is 0 Å². The molecule has 0 bridgehead atoms. The average Bonchev–Trinajstić information content (AvgIpc) is 2.04. The highest BCUT2D eigenvalue weighted by Gasteiger charge is 1.94.